The van der Waals surface area contributed by atoms with E-state index in [1.165, 1.54) is 0 Å². The van der Waals surface area contributed by atoms with E-state index < -0.39 is 0 Å². The molecular formula is C25H26N8. The first kappa shape index (κ1) is 19.8. The molecule has 8 nitrogen and oxygen atoms in total. The molecule has 1 fully saturated rings. The van der Waals surface area contributed by atoms with Gasteiger partial charge >= 0.3 is 0 Å². The molecular weight excluding hydrogens is 412 g/mol. The number of aromatic nitrogens is 6. The number of aryl methyl sites for hydroxylation is 1. The van der Waals surface area contributed by atoms with E-state index in [2.05, 4.69) is 55.2 Å². The molecule has 6 rings (SSSR count). The molecule has 1 saturated heterocycles. The van der Waals surface area contributed by atoms with Crippen LogP contribution in [0.4, 0.5) is 11.5 Å². The number of fused-ring (bicyclic) bond motifs is 1. The third kappa shape index (κ3) is 3.78. The minimum Gasteiger partial charge on any atom is -0.337 e. The molecule has 0 aliphatic carbocycles. The summed E-state index contributed by atoms with van der Waals surface area (Å²) in [5.74, 6) is 1.14. The number of nitrogens with zero attached hydrogens (tertiary/aromatic N) is 6. The molecule has 2 N–H and O–H groups in total. The fraction of sp³-hybridized carbons (Fsp3) is 0.240. The van der Waals surface area contributed by atoms with E-state index in [-0.39, 0.29) is 0 Å². The van der Waals surface area contributed by atoms with Crippen LogP contribution in [0.15, 0.2) is 73.6 Å². The summed E-state index contributed by atoms with van der Waals surface area (Å²) in [7, 11) is 1.93. The molecule has 1 aliphatic heterocycles. The molecule has 1 unspecified atom stereocenters. The molecule has 0 radical (unpaired) electrons. The predicted molar refractivity (Wildman–Crippen MR) is 129 cm³/mol. The molecule has 0 bridgehead atoms. The van der Waals surface area contributed by atoms with E-state index in [0.717, 1.165) is 65.7 Å². The molecule has 4 aromatic heterocycles. The zero-order chi connectivity index (χ0) is 22.2. The van der Waals surface area contributed by atoms with E-state index in [1.54, 1.807) is 0 Å². The average Bonchev–Trinajstić information content (AvgIpc) is 3.61. The zero-order valence-corrected chi connectivity index (χ0v) is 18.5. The first-order valence-electron chi connectivity index (χ1n) is 11.3. The molecule has 5 aromatic rings. The van der Waals surface area contributed by atoms with Crippen LogP contribution in [0.3, 0.4) is 0 Å². The molecule has 0 saturated carbocycles. The summed E-state index contributed by atoms with van der Waals surface area (Å²) in [4.78, 5) is 9.77. The number of anilines is 2. The van der Waals surface area contributed by atoms with Gasteiger partial charge in [-0.1, -0.05) is 0 Å². The summed E-state index contributed by atoms with van der Waals surface area (Å²) in [6.07, 6.45) is 14.3. The fourth-order valence-electron chi connectivity index (χ4n) is 4.52. The zero-order valence-electron chi connectivity index (χ0n) is 18.5. The minimum atomic E-state index is 0.379. The molecule has 8 heteroatoms. The van der Waals surface area contributed by atoms with Gasteiger partial charge in [0.2, 0.25) is 0 Å². The molecule has 5 heterocycles. The first-order chi connectivity index (χ1) is 16.2. The number of imidazole rings is 1. The van der Waals surface area contributed by atoms with Crippen molar-refractivity contribution in [2.24, 2.45) is 7.05 Å². The van der Waals surface area contributed by atoms with Crippen LogP contribution in [-0.4, -0.2) is 41.8 Å². The Bertz CT molecular complexity index is 1370. The van der Waals surface area contributed by atoms with Crippen LogP contribution in [0.25, 0.3) is 22.6 Å². The minimum absolute atomic E-state index is 0.379. The Morgan fingerprint density at radius 1 is 1.06 bits per heavy atom. The Balaban J connectivity index is 1.41. The Labute approximate surface area is 191 Å². The van der Waals surface area contributed by atoms with Gasteiger partial charge in [-0.15, -0.1) is 0 Å². The van der Waals surface area contributed by atoms with Gasteiger partial charge in [0, 0.05) is 61.2 Å². The van der Waals surface area contributed by atoms with Gasteiger partial charge in [0.25, 0.3) is 0 Å². The van der Waals surface area contributed by atoms with Gasteiger partial charge in [-0.3, -0.25) is 9.08 Å². The first-order valence-corrected chi connectivity index (χ1v) is 11.3. The maximum Gasteiger partial charge on any atom is 0.180 e. The Morgan fingerprint density at radius 2 is 1.91 bits per heavy atom. The lowest BCUT2D eigenvalue weighted by atomic mass is 9.96. The number of hydrogen-bond donors (Lipinski definition) is 2. The Kier molecular flexibility index (Phi) is 4.92. The van der Waals surface area contributed by atoms with Crippen LogP contribution in [0.5, 0.6) is 0 Å². The largest absolute Gasteiger partial charge is 0.337 e. The molecule has 1 aliphatic rings. The molecule has 166 valence electrons. The predicted octanol–water partition coefficient (Wildman–Crippen LogP) is 4.13. The van der Waals surface area contributed by atoms with E-state index in [9.17, 15) is 0 Å². The second kappa shape index (κ2) is 8.22. The summed E-state index contributed by atoms with van der Waals surface area (Å²) in [5, 5.41) is 11.4. The number of piperidine rings is 1. The molecule has 1 aromatic carbocycles. The molecule has 1 atom stereocenters. The monoisotopic (exact) mass is 438 g/mol. The Morgan fingerprint density at radius 3 is 2.64 bits per heavy atom. The van der Waals surface area contributed by atoms with Crippen molar-refractivity contribution < 1.29 is 0 Å². The normalized spacial score (nSPS) is 16.3. The lowest BCUT2D eigenvalue weighted by Gasteiger charge is -2.23. The van der Waals surface area contributed by atoms with Crippen molar-refractivity contribution in [2.75, 3.05) is 18.4 Å². The maximum absolute atomic E-state index is 5.04. The second-order valence-corrected chi connectivity index (χ2v) is 8.56. The number of benzene rings is 1. The van der Waals surface area contributed by atoms with Gasteiger partial charge in [-0.05, 0) is 55.8 Å². The number of hydrogen-bond acceptors (Lipinski definition) is 5. The molecule has 0 spiro atoms. The van der Waals surface area contributed by atoms with Crippen LogP contribution in [-0.2, 0) is 7.05 Å². The average molecular weight is 439 g/mol. The van der Waals surface area contributed by atoms with Gasteiger partial charge in [-0.2, -0.15) is 5.10 Å². The van der Waals surface area contributed by atoms with Crippen molar-refractivity contribution in [1.29, 1.82) is 0 Å². The van der Waals surface area contributed by atoms with Gasteiger partial charge < -0.3 is 15.2 Å². The third-order valence-corrected chi connectivity index (χ3v) is 6.26. The topological polar surface area (TPSA) is 77.0 Å². The van der Waals surface area contributed by atoms with Crippen molar-refractivity contribution in [2.45, 2.75) is 18.8 Å². The quantitative estimate of drug-likeness (QED) is 0.431. The second-order valence-electron chi connectivity index (χ2n) is 8.56. The highest BCUT2D eigenvalue weighted by atomic mass is 15.2. The van der Waals surface area contributed by atoms with Crippen molar-refractivity contribution in [1.82, 2.24) is 34.0 Å². The van der Waals surface area contributed by atoms with Crippen molar-refractivity contribution in [3.05, 3.63) is 79.3 Å². The smallest absolute Gasteiger partial charge is 0.180 e. The van der Waals surface area contributed by atoms with Gasteiger partial charge in [0.05, 0.1) is 23.8 Å². The summed E-state index contributed by atoms with van der Waals surface area (Å²) < 4.78 is 6.05. The summed E-state index contributed by atoms with van der Waals surface area (Å²) in [6, 6.07) is 12.4. The highest BCUT2D eigenvalue weighted by Crippen LogP contribution is 2.30. The number of rotatable bonds is 5. The third-order valence-electron chi connectivity index (χ3n) is 6.26. The lowest BCUT2D eigenvalue weighted by molar-refractivity contribution is 0.454. The summed E-state index contributed by atoms with van der Waals surface area (Å²) >= 11 is 0. The molecule has 0 amide bonds. The van der Waals surface area contributed by atoms with E-state index in [0.29, 0.717) is 5.92 Å². The van der Waals surface area contributed by atoms with Gasteiger partial charge in [0.15, 0.2) is 11.5 Å². The number of nitrogens with one attached hydrogen (secondary N) is 2. The van der Waals surface area contributed by atoms with Crippen LogP contribution in [0, 0.1) is 0 Å². The van der Waals surface area contributed by atoms with Crippen LogP contribution in [0.1, 0.15) is 24.5 Å². The lowest BCUT2D eigenvalue weighted by Crippen LogP contribution is -2.29. The van der Waals surface area contributed by atoms with Crippen molar-refractivity contribution in [3.8, 4) is 16.9 Å². The highest BCUT2D eigenvalue weighted by Gasteiger charge is 2.21. The highest BCUT2D eigenvalue weighted by molar-refractivity contribution is 5.74. The summed E-state index contributed by atoms with van der Waals surface area (Å²) in [5.41, 5.74) is 6.01. The SMILES string of the molecule is Cn1cc(-c2cnc3c(Nc4ccc(-n5cccc5)cc4)nc(C4CCCNC4)cn23)cn1. The van der Waals surface area contributed by atoms with E-state index in [1.807, 2.05) is 54.8 Å². The van der Waals surface area contributed by atoms with Crippen molar-refractivity contribution >= 4 is 17.2 Å². The van der Waals surface area contributed by atoms with E-state index >= 15 is 0 Å². The van der Waals surface area contributed by atoms with E-state index in [4.69, 9.17) is 9.97 Å². The van der Waals surface area contributed by atoms with Gasteiger partial charge in [-0.25, -0.2) is 9.97 Å². The van der Waals surface area contributed by atoms with Crippen LogP contribution >= 0.6 is 0 Å². The van der Waals surface area contributed by atoms with Crippen LogP contribution in [0.2, 0.25) is 0 Å². The van der Waals surface area contributed by atoms with Crippen LogP contribution < -0.4 is 10.6 Å². The molecule has 33 heavy (non-hydrogen) atoms. The Hall–Kier alpha value is -3.91. The van der Waals surface area contributed by atoms with Gasteiger partial charge in [0.1, 0.15) is 0 Å². The van der Waals surface area contributed by atoms with Crippen molar-refractivity contribution in [3.63, 3.8) is 0 Å². The summed E-state index contributed by atoms with van der Waals surface area (Å²) in [6.45, 7) is 2.02. The standard InChI is InChI=1S/C25H26N8/c1-31-16-19(14-28-31)23-15-27-25-24(30-22(17-33(23)25)18-5-4-10-26-13-18)29-20-6-8-21(9-7-20)32-11-2-3-12-32/h2-3,6-9,11-12,14-18,26H,4-5,10,13H2,1H3,(H,29,30). The fourth-order valence-corrected chi connectivity index (χ4v) is 4.52. The maximum atomic E-state index is 5.04.